The summed E-state index contributed by atoms with van der Waals surface area (Å²) in [7, 11) is 0. The summed E-state index contributed by atoms with van der Waals surface area (Å²) < 4.78 is 11.8. The second-order valence-electron chi connectivity index (χ2n) is 6.73. The molecule has 0 saturated carbocycles. The van der Waals surface area contributed by atoms with E-state index in [0.29, 0.717) is 16.8 Å². The molecule has 1 saturated heterocycles. The highest BCUT2D eigenvalue weighted by Gasteiger charge is 2.31. The van der Waals surface area contributed by atoms with Gasteiger partial charge in [0.1, 0.15) is 0 Å². The number of carbonyl (C=O) groups is 1. The van der Waals surface area contributed by atoms with Crippen LogP contribution in [0.5, 0.6) is 11.5 Å². The number of ether oxygens (including phenoxy) is 2. The molecule has 1 fully saturated rings. The van der Waals surface area contributed by atoms with Gasteiger partial charge in [0, 0.05) is 18.7 Å². The molecule has 6 nitrogen and oxygen atoms in total. The van der Waals surface area contributed by atoms with Crippen LogP contribution in [0.1, 0.15) is 26.7 Å². The van der Waals surface area contributed by atoms with Gasteiger partial charge in [-0.3, -0.25) is 9.69 Å². The van der Waals surface area contributed by atoms with E-state index < -0.39 is 0 Å². The lowest BCUT2D eigenvalue weighted by molar-refractivity contribution is -0.120. The molecule has 0 aliphatic carbocycles. The average molecular weight is 347 g/mol. The number of amides is 1. The number of anilines is 1. The lowest BCUT2D eigenvalue weighted by Crippen LogP contribution is -2.41. The van der Waals surface area contributed by atoms with Crippen molar-refractivity contribution in [3.8, 4) is 11.5 Å². The van der Waals surface area contributed by atoms with Gasteiger partial charge in [0.25, 0.3) is 0 Å². The van der Waals surface area contributed by atoms with E-state index in [0.717, 1.165) is 41.9 Å². The third-order valence-electron chi connectivity index (χ3n) is 4.38. The number of nitrogens with zero attached hydrogens (tertiary/aromatic N) is 2. The predicted octanol–water partition coefficient (Wildman–Crippen LogP) is 3.08. The fourth-order valence-corrected chi connectivity index (χ4v) is 4.25. The number of nitrogens with one attached hydrogen (secondary N) is 1. The van der Waals surface area contributed by atoms with Crippen LogP contribution in [0, 0.1) is 5.92 Å². The van der Waals surface area contributed by atoms with Crippen molar-refractivity contribution in [2.24, 2.45) is 5.92 Å². The maximum Gasteiger partial charge on any atom is 0.243 e. The summed E-state index contributed by atoms with van der Waals surface area (Å²) in [4.78, 5) is 19.5. The van der Waals surface area contributed by atoms with Gasteiger partial charge >= 0.3 is 0 Å². The number of thiazole rings is 1. The number of likely N-dealkylation sites (tertiary alicyclic amines) is 1. The lowest BCUT2D eigenvalue weighted by atomic mass is 10.1. The average Bonchev–Trinajstić information content (AvgIpc) is 3.22. The van der Waals surface area contributed by atoms with Gasteiger partial charge in [0.05, 0.1) is 16.3 Å². The third kappa shape index (κ3) is 2.93. The summed E-state index contributed by atoms with van der Waals surface area (Å²) in [6, 6.07) is 3.74. The van der Waals surface area contributed by atoms with Crippen molar-refractivity contribution in [1.29, 1.82) is 0 Å². The van der Waals surface area contributed by atoms with E-state index in [1.165, 1.54) is 11.3 Å². The molecule has 1 aromatic carbocycles. The molecule has 1 N–H and O–H groups in total. The van der Waals surface area contributed by atoms with Crippen molar-refractivity contribution in [2.45, 2.75) is 32.7 Å². The molecular weight excluding hydrogens is 326 g/mol. The Morgan fingerprint density at radius 1 is 1.42 bits per heavy atom. The van der Waals surface area contributed by atoms with Crippen molar-refractivity contribution in [3.05, 3.63) is 12.1 Å². The van der Waals surface area contributed by atoms with Gasteiger partial charge in [-0.2, -0.15) is 0 Å². The molecule has 1 atom stereocenters. The molecule has 2 aliphatic heterocycles. The Morgan fingerprint density at radius 2 is 2.21 bits per heavy atom. The first-order chi connectivity index (χ1) is 11.6. The number of hydrogen-bond donors (Lipinski definition) is 1. The SMILES string of the molecule is CC(C)CN1CCCC1C(=O)Nc1nc2cc3c(cc2s1)OCO3. The Labute approximate surface area is 144 Å². The van der Waals surface area contributed by atoms with Crippen molar-refractivity contribution in [3.63, 3.8) is 0 Å². The maximum absolute atomic E-state index is 12.6. The second kappa shape index (κ2) is 6.22. The number of fused-ring (bicyclic) bond motifs is 2. The van der Waals surface area contributed by atoms with E-state index >= 15 is 0 Å². The van der Waals surface area contributed by atoms with Crippen LogP contribution in [0.2, 0.25) is 0 Å². The van der Waals surface area contributed by atoms with Gasteiger partial charge in [-0.25, -0.2) is 4.98 Å². The van der Waals surface area contributed by atoms with Gasteiger partial charge in [-0.05, 0) is 25.3 Å². The molecular formula is C17H21N3O3S. The molecule has 0 bridgehead atoms. The van der Waals surface area contributed by atoms with Crippen molar-refractivity contribution < 1.29 is 14.3 Å². The summed E-state index contributed by atoms with van der Waals surface area (Å²) in [6.07, 6.45) is 1.99. The minimum absolute atomic E-state index is 0.0453. The van der Waals surface area contributed by atoms with Crippen molar-refractivity contribution >= 4 is 32.6 Å². The maximum atomic E-state index is 12.6. The number of aromatic nitrogens is 1. The third-order valence-corrected chi connectivity index (χ3v) is 5.31. The molecule has 128 valence electrons. The fourth-order valence-electron chi connectivity index (χ4n) is 3.37. The Morgan fingerprint density at radius 3 is 3.00 bits per heavy atom. The highest BCUT2D eigenvalue weighted by Crippen LogP contribution is 2.39. The molecule has 3 heterocycles. The number of benzene rings is 1. The largest absolute Gasteiger partial charge is 0.454 e. The summed E-state index contributed by atoms with van der Waals surface area (Å²) >= 11 is 1.47. The molecule has 4 rings (SSSR count). The van der Waals surface area contributed by atoms with E-state index in [1.807, 2.05) is 12.1 Å². The highest BCUT2D eigenvalue weighted by molar-refractivity contribution is 7.22. The van der Waals surface area contributed by atoms with Gasteiger partial charge in [-0.15, -0.1) is 0 Å². The van der Waals surface area contributed by atoms with Crippen LogP contribution >= 0.6 is 11.3 Å². The van der Waals surface area contributed by atoms with Crippen LogP contribution in [-0.4, -0.2) is 41.7 Å². The first-order valence-corrected chi connectivity index (χ1v) is 9.17. The van der Waals surface area contributed by atoms with Crippen LogP contribution in [0.4, 0.5) is 5.13 Å². The first kappa shape index (κ1) is 15.7. The topological polar surface area (TPSA) is 63.7 Å². The summed E-state index contributed by atoms with van der Waals surface area (Å²) in [5.41, 5.74) is 0.824. The minimum atomic E-state index is -0.0453. The van der Waals surface area contributed by atoms with E-state index in [2.05, 4.69) is 29.0 Å². The normalized spacial score (nSPS) is 20.2. The Bertz CT molecular complexity index is 733. The Kier molecular flexibility index (Phi) is 4.05. The molecule has 1 amide bonds. The van der Waals surface area contributed by atoms with E-state index in [-0.39, 0.29) is 18.7 Å². The minimum Gasteiger partial charge on any atom is -0.454 e. The molecule has 1 unspecified atom stereocenters. The smallest absolute Gasteiger partial charge is 0.243 e. The van der Waals surface area contributed by atoms with Crippen LogP contribution < -0.4 is 14.8 Å². The molecule has 2 aliphatic rings. The molecule has 0 spiro atoms. The molecule has 7 heteroatoms. The monoisotopic (exact) mass is 347 g/mol. The van der Waals surface area contributed by atoms with Crippen LogP contribution in [0.25, 0.3) is 10.2 Å². The number of carbonyl (C=O) groups excluding carboxylic acids is 1. The summed E-state index contributed by atoms with van der Waals surface area (Å²) in [6.45, 7) is 6.58. The van der Waals surface area contributed by atoms with E-state index in [9.17, 15) is 4.79 Å². The second-order valence-corrected chi connectivity index (χ2v) is 7.76. The van der Waals surface area contributed by atoms with E-state index in [1.54, 1.807) is 0 Å². The molecule has 2 aromatic rings. The number of hydrogen-bond acceptors (Lipinski definition) is 6. The zero-order valence-corrected chi connectivity index (χ0v) is 14.7. The van der Waals surface area contributed by atoms with Crippen LogP contribution in [-0.2, 0) is 4.79 Å². The van der Waals surface area contributed by atoms with Gasteiger partial charge in [0.2, 0.25) is 12.7 Å². The summed E-state index contributed by atoms with van der Waals surface area (Å²) in [5, 5.41) is 3.63. The Hall–Kier alpha value is -1.86. The van der Waals surface area contributed by atoms with Gasteiger partial charge < -0.3 is 14.8 Å². The van der Waals surface area contributed by atoms with E-state index in [4.69, 9.17) is 9.47 Å². The fraction of sp³-hybridized carbons (Fsp3) is 0.529. The molecule has 1 aromatic heterocycles. The first-order valence-electron chi connectivity index (χ1n) is 8.35. The standard InChI is InChI=1S/C17H21N3O3S/c1-10(2)8-20-5-3-4-12(20)16(21)19-17-18-11-6-13-14(23-9-22-13)7-15(11)24-17/h6-7,10,12H,3-5,8-9H2,1-2H3,(H,18,19,21). The highest BCUT2D eigenvalue weighted by atomic mass is 32.1. The lowest BCUT2D eigenvalue weighted by Gasteiger charge is -2.24. The zero-order valence-electron chi connectivity index (χ0n) is 13.9. The summed E-state index contributed by atoms with van der Waals surface area (Å²) in [5.74, 6) is 2.06. The molecule has 24 heavy (non-hydrogen) atoms. The number of rotatable bonds is 4. The quantitative estimate of drug-likeness (QED) is 0.921. The van der Waals surface area contributed by atoms with Crippen molar-refractivity contribution in [1.82, 2.24) is 9.88 Å². The van der Waals surface area contributed by atoms with Gasteiger partial charge in [-0.1, -0.05) is 25.2 Å². The zero-order chi connectivity index (χ0) is 16.7. The van der Waals surface area contributed by atoms with Gasteiger partial charge in [0.15, 0.2) is 16.6 Å². The van der Waals surface area contributed by atoms with Crippen LogP contribution in [0.15, 0.2) is 12.1 Å². The van der Waals surface area contributed by atoms with Crippen LogP contribution in [0.3, 0.4) is 0 Å². The van der Waals surface area contributed by atoms with Crippen molar-refractivity contribution in [2.75, 3.05) is 25.2 Å². The predicted molar refractivity (Wildman–Crippen MR) is 93.8 cm³/mol. The molecule has 0 radical (unpaired) electrons. The Balaban J connectivity index is 1.50.